The number of rotatable bonds is 4. The summed E-state index contributed by atoms with van der Waals surface area (Å²) in [5.74, 6) is -3.19. The molecule has 0 saturated carbocycles. The third kappa shape index (κ3) is 4.87. The van der Waals surface area contributed by atoms with E-state index >= 15 is 0 Å². The maximum atomic E-state index is 12.6. The van der Waals surface area contributed by atoms with E-state index in [2.05, 4.69) is 0 Å². The van der Waals surface area contributed by atoms with Crippen molar-refractivity contribution in [1.29, 1.82) is 0 Å². The van der Waals surface area contributed by atoms with E-state index in [1.54, 1.807) is 30.3 Å². The van der Waals surface area contributed by atoms with Crippen molar-refractivity contribution >= 4 is 17.3 Å². The smallest absolute Gasteiger partial charge is 0.202 e. The van der Waals surface area contributed by atoms with Gasteiger partial charge in [-0.2, -0.15) is 0 Å². The molecule has 210 valence electrons. The number of carbonyl (C=O) groups excluding carboxylic acids is 3. The number of benzene rings is 4. The summed E-state index contributed by atoms with van der Waals surface area (Å²) in [6, 6.07) is 14.0. The molecular weight excluding hydrogens is 532 g/mol. The summed E-state index contributed by atoms with van der Waals surface area (Å²) in [7, 11) is 2.92. The van der Waals surface area contributed by atoms with Crippen LogP contribution in [0.25, 0.3) is 0 Å². The van der Waals surface area contributed by atoms with Gasteiger partial charge in [0.05, 0.1) is 36.5 Å². The second kappa shape index (κ2) is 10.9. The van der Waals surface area contributed by atoms with Crippen molar-refractivity contribution in [2.45, 2.75) is 13.8 Å². The molecule has 10 heteroatoms. The topological polar surface area (TPSA) is 171 Å². The van der Waals surface area contributed by atoms with Crippen molar-refractivity contribution in [3.05, 3.63) is 99.1 Å². The summed E-state index contributed by atoms with van der Waals surface area (Å²) in [6.45, 7) is 2.93. The van der Waals surface area contributed by atoms with Gasteiger partial charge in [0.15, 0.2) is 0 Å². The monoisotopic (exact) mass is 558 g/mol. The van der Waals surface area contributed by atoms with Gasteiger partial charge >= 0.3 is 0 Å². The molecule has 4 aromatic carbocycles. The number of phenols is 5. The van der Waals surface area contributed by atoms with E-state index in [1.165, 1.54) is 34.1 Å². The second-order valence-corrected chi connectivity index (χ2v) is 9.20. The standard InChI is InChI=1S/C16H12O6.C15H14O4/c1-5-3-7(17)9-11(13(5)19)15(21)10-8(18)4-6(2)14(20)12(10)16(9)22;1-18-11-8-12(16)14(13(9-11)19-2)15(17)10-6-4-3-5-7-10/h3-4,17-20H,1-2H3;3-9,16H,1-2H3. The molecule has 0 atom stereocenters. The number of methoxy groups -OCH3 is 2. The maximum Gasteiger partial charge on any atom is 0.202 e. The average Bonchev–Trinajstić information content (AvgIpc) is 2.95. The molecule has 0 heterocycles. The van der Waals surface area contributed by atoms with Gasteiger partial charge in [0.1, 0.15) is 45.8 Å². The third-order valence-electron chi connectivity index (χ3n) is 6.62. The summed E-state index contributed by atoms with van der Waals surface area (Å²) in [5.41, 5.74) is -0.423. The van der Waals surface area contributed by atoms with Crippen molar-refractivity contribution in [2.24, 2.45) is 0 Å². The van der Waals surface area contributed by atoms with Gasteiger partial charge in [-0.15, -0.1) is 0 Å². The number of carbonyl (C=O) groups is 3. The number of hydrogen-bond donors (Lipinski definition) is 5. The van der Waals surface area contributed by atoms with E-state index in [4.69, 9.17) is 9.47 Å². The minimum absolute atomic E-state index is 0.134. The molecule has 0 saturated heterocycles. The highest BCUT2D eigenvalue weighted by Gasteiger charge is 2.39. The van der Waals surface area contributed by atoms with Crippen molar-refractivity contribution in [3.63, 3.8) is 0 Å². The number of hydrogen-bond acceptors (Lipinski definition) is 10. The van der Waals surface area contributed by atoms with Gasteiger partial charge in [-0.1, -0.05) is 30.3 Å². The van der Waals surface area contributed by atoms with Crippen LogP contribution in [-0.2, 0) is 0 Å². The van der Waals surface area contributed by atoms with Crippen molar-refractivity contribution in [3.8, 4) is 40.2 Å². The fourth-order valence-electron chi connectivity index (χ4n) is 4.55. The van der Waals surface area contributed by atoms with Crippen LogP contribution in [0.2, 0.25) is 0 Å². The van der Waals surface area contributed by atoms with Crippen LogP contribution >= 0.6 is 0 Å². The molecule has 5 N–H and O–H groups in total. The zero-order valence-electron chi connectivity index (χ0n) is 22.5. The van der Waals surface area contributed by atoms with Crippen LogP contribution in [-0.4, -0.2) is 57.1 Å². The van der Waals surface area contributed by atoms with Crippen LogP contribution in [0.3, 0.4) is 0 Å². The quantitative estimate of drug-likeness (QED) is 0.156. The molecule has 4 aromatic rings. The average molecular weight is 559 g/mol. The molecule has 1 aliphatic rings. The van der Waals surface area contributed by atoms with Crippen molar-refractivity contribution in [1.82, 2.24) is 0 Å². The van der Waals surface area contributed by atoms with Crippen molar-refractivity contribution in [2.75, 3.05) is 14.2 Å². The molecule has 41 heavy (non-hydrogen) atoms. The molecular formula is C31H26O10. The Hall–Kier alpha value is -5.51. The van der Waals surface area contributed by atoms with Gasteiger partial charge < -0.3 is 35.0 Å². The molecule has 0 aromatic heterocycles. The van der Waals surface area contributed by atoms with E-state index in [1.807, 2.05) is 6.07 Å². The summed E-state index contributed by atoms with van der Waals surface area (Å²) in [6.07, 6.45) is 0. The highest BCUT2D eigenvalue weighted by Crippen LogP contribution is 2.45. The molecule has 1 aliphatic carbocycles. The number of aryl methyl sites for hydroxylation is 2. The van der Waals surface area contributed by atoms with Gasteiger partial charge in [-0.25, -0.2) is 0 Å². The minimum Gasteiger partial charge on any atom is -0.507 e. The molecule has 0 radical (unpaired) electrons. The summed E-state index contributed by atoms with van der Waals surface area (Å²) < 4.78 is 10.2. The first-order valence-corrected chi connectivity index (χ1v) is 12.2. The van der Waals surface area contributed by atoms with Crippen molar-refractivity contribution < 1.29 is 49.4 Å². The number of ether oxygens (including phenoxy) is 2. The van der Waals surface area contributed by atoms with Crippen LogP contribution in [0.5, 0.6) is 40.2 Å². The van der Waals surface area contributed by atoms with Gasteiger partial charge in [-0.3, -0.25) is 14.4 Å². The van der Waals surface area contributed by atoms with Crippen LogP contribution < -0.4 is 9.47 Å². The Balaban J connectivity index is 0.000000191. The molecule has 0 aliphatic heterocycles. The van der Waals surface area contributed by atoms with Gasteiger partial charge in [-0.05, 0) is 37.1 Å². The second-order valence-electron chi connectivity index (χ2n) is 9.20. The molecule has 0 bridgehead atoms. The summed E-state index contributed by atoms with van der Waals surface area (Å²) >= 11 is 0. The first-order valence-electron chi connectivity index (χ1n) is 12.2. The predicted octanol–water partition coefficient (Wildman–Crippen LogP) is 4.54. The number of phenolic OH excluding ortho intramolecular Hbond substituents is 5. The zero-order chi connectivity index (χ0) is 30.2. The number of fused-ring (bicyclic) bond motifs is 2. The minimum atomic E-state index is -0.825. The third-order valence-corrected chi connectivity index (χ3v) is 6.62. The molecule has 0 spiro atoms. The SMILES string of the molecule is COc1cc(O)c(C(=O)c2ccccc2)c(OC)c1.Cc1cc(O)c2c(c1O)C(=O)c1c(O)cc(C)c(O)c1C2=O. The predicted molar refractivity (Wildman–Crippen MR) is 147 cm³/mol. The molecule has 0 unspecified atom stereocenters. The number of ketones is 3. The lowest BCUT2D eigenvalue weighted by Gasteiger charge is -2.22. The summed E-state index contributed by atoms with van der Waals surface area (Å²) in [5, 5.41) is 50.1. The first-order chi connectivity index (χ1) is 19.4. The lowest BCUT2D eigenvalue weighted by atomic mass is 9.80. The van der Waals surface area contributed by atoms with Crippen LogP contribution in [0.4, 0.5) is 0 Å². The van der Waals surface area contributed by atoms with E-state index in [0.29, 0.717) is 11.3 Å². The normalized spacial score (nSPS) is 11.6. The van der Waals surface area contributed by atoms with E-state index in [0.717, 1.165) is 12.1 Å². The Labute approximate surface area is 234 Å². The largest absolute Gasteiger partial charge is 0.507 e. The molecule has 5 rings (SSSR count). The molecule has 10 nitrogen and oxygen atoms in total. The Kier molecular flexibility index (Phi) is 7.60. The van der Waals surface area contributed by atoms with Gasteiger partial charge in [0.2, 0.25) is 17.3 Å². The van der Waals surface area contributed by atoms with Crippen LogP contribution in [0.15, 0.2) is 54.6 Å². The Morgan fingerprint density at radius 2 is 1.12 bits per heavy atom. The Morgan fingerprint density at radius 3 is 1.56 bits per heavy atom. The van der Waals surface area contributed by atoms with E-state index in [-0.39, 0.29) is 56.2 Å². The van der Waals surface area contributed by atoms with E-state index in [9.17, 15) is 39.9 Å². The Morgan fingerprint density at radius 1 is 0.634 bits per heavy atom. The van der Waals surface area contributed by atoms with Crippen LogP contribution in [0, 0.1) is 13.8 Å². The van der Waals surface area contributed by atoms with E-state index < -0.39 is 34.6 Å². The lowest BCUT2D eigenvalue weighted by Crippen LogP contribution is -2.22. The summed E-state index contributed by atoms with van der Waals surface area (Å²) in [4.78, 5) is 37.5. The maximum absolute atomic E-state index is 12.6. The fraction of sp³-hybridized carbons (Fsp3) is 0.129. The zero-order valence-corrected chi connectivity index (χ0v) is 22.5. The highest BCUT2D eigenvalue weighted by atomic mass is 16.5. The lowest BCUT2D eigenvalue weighted by molar-refractivity contribution is 0.0969. The molecule has 0 fully saturated rings. The first kappa shape index (κ1) is 28.5. The Bertz CT molecular complexity index is 1650. The van der Waals surface area contributed by atoms with Gasteiger partial charge in [0, 0.05) is 17.7 Å². The fourth-order valence-corrected chi connectivity index (χ4v) is 4.55. The van der Waals surface area contributed by atoms with Crippen LogP contribution in [0.1, 0.15) is 58.9 Å². The molecule has 0 amide bonds. The highest BCUT2D eigenvalue weighted by molar-refractivity contribution is 6.32. The number of aromatic hydroxyl groups is 5. The van der Waals surface area contributed by atoms with Gasteiger partial charge in [0.25, 0.3) is 0 Å².